The van der Waals surface area contributed by atoms with Crippen molar-refractivity contribution in [3.05, 3.63) is 57.0 Å². The van der Waals surface area contributed by atoms with Gasteiger partial charge in [-0.05, 0) is 43.2 Å². The highest BCUT2D eigenvalue weighted by Crippen LogP contribution is 2.52. The molecule has 0 saturated carbocycles. The molecule has 4 rings (SSSR count). The third-order valence-corrected chi connectivity index (χ3v) is 8.44. The van der Waals surface area contributed by atoms with Crippen LogP contribution in [0.2, 0.25) is 0 Å². The molecule has 1 aromatic heterocycles. The normalized spacial score (nSPS) is 14.4. The Morgan fingerprint density at radius 1 is 1.14 bits per heavy atom. The maximum absolute atomic E-state index is 13.3. The summed E-state index contributed by atoms with van der Waals surface area (Å²) in [4.78, 5) is 15.4. The van der Waals surface area contributed by atoms with Crippen LogP contribution in [0, 0.1) is 9.64 Å². The molecule has 0 bridgehead atoms. The molecule has 2 aromatic carbocycles. The zero-order valence-electron chi connectivity index (χ0n) is 15.6. The molecule has 0 aliphatic carbocycles. The zero-order valence-corrected chi connectivity index (χ0v) is 18.1. The first-order valence-corrected chi connectivity index (χ1v) is 11.3. The van der Waals surface area contributed by atoms with Gasteiger partial charge in [-0.25, -0.2) is 4.39 Å². The van der Waals surface area contributed by atoms with Crippen LogP contribution in [0.4, 0.5) is 10.1 Å². The minimum absolute atomic E-state index is 0.137. The number of fused-ring (bicyclic) bond motifs is 3. The Kier molecular flexibility index (Phi) is 4.85. The van der Waals surface area contributed by atoms with E-state index in [0.717, 1.165) is 36.6 Å². The Balaban J connectivity index is 1.93. The molecule has 7 heteroatoms. The van der Waals surface area contributed by atoms with Crippen molar-refractivity contribution >= 4 is 44.6 Å². The van der Waals surface area contributed by atoms with Gasteiger partial charge in [-0.1, -0.05) is 57.2 Å². The molecule has 0 saturated heterocycles. The Morgan fingerprint density at radius 3 is 2.50 bits per heavy atom. The molecule has 1 aliphatic heterocycles. The van der Waals surface area contributed by atoms with Crippen LogP contribution in [0.5, 0.6) is 0 Å². The summed E-state index contributed by atoms with van der Waals surface area (Å²) >= 11 is 5.62. The lowest BCUT2D eigenvalue weighted by atomic mass is 9.86. The van der Waals surface area contributed by atoms with E-state index in [0.29, 0.717) is 0 Å². The lowest BCUT2D eigenvalue weighted by molar-refractivity contribution is -0.139. The number of hydrogen-bond donors (Lipinski definition) is 0. The van der Waals surface area contributed by atoms with E-state index in [-0.39, 0.29) is 18.3 Å². The summed E-state index contributed by atoms with van der Waals surface area (Å²) in [6.07, 6.45) is 0. The van der Waals surface area contributed by atoms with Crippen LogP contribution >= 0.6 is 32.9 Å². The van der Waals surface area contributed by atoms with Gasteiger partial charge in [0.15, 0.2) is 0 Å². The van der Waals surface area contributed by atoms with Gasteiger partial charge in [0, 0.05) is 16.8 Å². The molecule has 0 amide bonds. The van der Waals surface area contributed by atoms with Crippen molar-refractivity contribution in [2.45, 2.75) is 19.4 Å². The molecule has 28 heavy (non-hydrogen) atoms. The Labute approximate surface area is 175 Å². The van der Waals surface area contributed by atoms with Gasteiger partial charge in [0.2, 0.25) is 0 Å². The fourth-order valence-corrected chi connectivity index (χ4v) is 6.88. The van der Waals surface area contributed by atoms with Crippen molar-refractivity contribution in [2.75, 3.05) is 18.6 Å². The van der Waals surface area contributed by atoms with E-state index in [4.69, 9.17) is 17.0 Å². The smallest absolute Gasteiger partial charge is 0.325 e. The van der Waals surface area contributed by atoms with Crippen LogP contribution in [-0.2, 0) is 15.1 Å². The largest absolute Gasteiger partial charge is 0.468 e. The second-order valence-electron chi connectivity index (χ2n) is 7.12. The monoisotopic (exact) mass is 431 g/mol. The molecule has 0 radical (unpaired) electrons. The molecule has 3 nitrogen and oxygen atoms in total. The SMILES string of the molecule is COC(=O)CN1c2cc(-c3ccc(F)cc3)ccc2-c2c(ssc2=S)C1(C)C. The summed E-state index contributed by atoms with van der Waals surface area (Å²) in [6.45, 7) is 4.33. The predicted molar refractivity (Wildman–Crippen MR) is 116 cm³/mol. The molecule has 0 N–H and O–H groups in total. The molecular weight excluding hydrogens is 413 g/mol. The van der Waals surface area contributed by atoms with Gasteiger partial charge in [0.1, 0.15) is 16.2 Å². The highest BCUT2D eigenvalue weighted by molar-refractivity contribution is 7.80. The molecule has 1 aliphatic rings. The number of carbonyl (C=O) groups is 1. The molecule has 2 heterocycles. The van der Waals surface area contributed by atoms with Gasteiger partial charge in [-0.2, -0.15) is 0 Å². The molecule has 0 spiro atoms. The maximum atomic E-state index is 13.3. The summed E-state index contributed by atoms with van der Waals surface area (Å²) in [6, 6.07) is 12.5. The summed E-state index contributed by atoms with van der Waals surface area (Å²) in [5.41, 5.74) is 4.50. The van der Waals surface area contributed by atoms with E-state index in [1.54, 1.807) is 32.8 Å². The van der Waals surface area contributed by atoms with E-state index in [1.807, 2.05) is 18.2 Å². The van der Waals surface area contributed by atoms with E-state index < -0.39 is 5.54 Å². The number of esters is 1. The average Bonchev–Trinajstić information content (AvgIpc) is 3.08. The average molecular weight is 432 g/mol. The van der Waals surface area contributed by atoms with E-state index in [2.05, 4.69) is 18.7 Å². The van der Waals surface area contributed by atoms with Crippen molar-refractivity contribution in [3.63, 3.8) is 0 Å². The van der Waals surface area contributed by atoms with Crippen molar-refractivity contribution < 1.29 is 13.9 Å². The number of carbonyl (C=O) groups excluding carboxylic acids is 1. The van der Waals surface area contributed by atoms with Crippen molar-refractivity contribution in [2.24, 2.45) is 0 Å². The van der Waals surface area contributed by atoms with Gasteiger partial charge < -0.3 is 9.64 Å². The number of halogens is 1. The van der Waals surface area contributed by atoms with Gasteiger partial charge in [0.05, 0.1) is 17.5 Å². The van der Waals surface area contributed by atoms with Crippen molar-refractivity contribution in [3.8, 4) is 22.3 Å². The topological polar surface area (TPSA) is 29.5 Å². The Hall–Kier alpha value is -2.09. The summed E-state index contributed by atoms with van der Waals surface area (Å²) in [5, 5.41) is 0. The van der Waals surface area contributed by atoms with Crippen LogP contribution in [0.15, 0.2) is 42.5 Å². The van der Waals surface area contributed by atoms with Crippen LogP contribution < -0.4 is 4.90 Å². The highest BCUT2D eigenvalue weighted by atomic mass is 32.9. The van der Waals surface area contributed by atoms with Gasteiger partial charge in [-0.3, -0.25) is 4.79 Å². The summed E-state index contributed by atoms with van der Waals surface area (Å²) in [7, 11) is 4.65. The number of benzene rings is 2. The number of anilines is 1. The first kappa shape index (κ1) is 19.2. The molecule has 144 valence electrons. The quantitative estimate of drug-likeness (QED) is 0.279. The van der Waals surface area contributed by atoms with Crippen molar-refractivity contribution in [1.82, 2.24) is 0 Å². The van der Waals surface area contributed by atoms with Gasteiger partial charge in [0.25, 0.3) is 0 Å². The minimum atomic E-state index is -0.407. The minimum Gasteiger partial charge on any atom is -0.468 e. The van der Waals surface area contributed by atoms with E-state index in [9.17, 15) is 9.18 Å². The van der Waals surface area contributed by atoms with E-state index >= 15 is 0 Å². The van der Waals surface area contributed by atoms with Gasteiger partial charge in [-0.15, -0.1) is 0 Å². The standard InChI is InChI=1S/C21H18FNO2S3/c1-21(2)19-18(20(26)28-27-19)15-9-6-13(12-4-7-14(22)8-5-12)10-16(15)23(21)11-17(24)25-3/h4-10H,11H2,1-3H3. The zero-order chi connectivity index (χ0) is 20.1. The predicted octanol–water partition coefficient (Wildman–Crippen LogP) is 6.24. The third-order valence-electron chi connectivity index (χ3n) is 5.11. The number of methoxy groups -OCH3 is 1. The Morgan fingerprint density at radius 2 is 1.82 bits per heavy atom. The second kappa shape index (κ2) is 7.06. The van der Waals surface area contributed by atoms with Crippen LogP contribution in [0.3, 0.4) is 0 Å². The van der Waals surface area contributed by atoms with E-state index in [1.165, 1.54) is 19.2 Å². The molecule has 0 fully saturated rings. The first-order valence-electron chi connectivity index (χ1n) is 8.71. The number of rotatable bonds is 3. The Bertz CT molecular complexity index is 1120. The van der Waals surface area contributed by atoms with Crippen LogP contribution in [0.25, 0.3) is 22.3 Å². The number of hydrogen-bond acceptors (Lipinski definition) is 6. The number of nitrogens with zero attached hydrogens (tertiary/aromatic N) is 1. The lowest BCUT2D eigenvalue weighted by Crippen LogP contribution is -2.46. The highest BCUT2D eigenvalue weighted by Gasteiger charge is 2.40. The molecular formula is C21H18FNO2S3. The first-order chi connectivity index (χ1) is 13.3. The van der Waals surface area contributed by atoms with Crippen LogP contribution in [0.1, 0.15) is 18.7 Å². The van der Waals surface area contributed by atoms with Gasteiger partial charge >= 0.3 is 5.97 Å². The van der Waals surface area contributed by atoms with Crippen molar-refractivity contribution in [1.29, 1.82) is 0 Å². The second-order valence-corrected chi connectivity index (χ2v) is 9.93. The lowest BCUT2D eigenvalue weighted by Gasteiger charge is -2.44. The fourth-order valence-electron chi connectivity index (χ4n) is 3.58. The van der Waals surface area contributed by atoms with Crippen LogP contribution in [-0.4, -0.2) is 19.6 Å². The fraction of sp³-hybridized carbons (Fsp3) is 0.238. The molecule has 0 unspecified atom stereocenters. The third kappa shape index (κ3) is 3.07. The summed E-state index contributed by atoms with van der Waals surface area (Å²) < 4.78 is 19.1. The molecule has 0 atom stereocenters. The number of ether oxygens (including phenoxy) is 1. The maximum Gasteiger partial charge on any atom is 0.325 e. The summed E-state index contributed by atoms with van der Waals surface area (Å²) in [5.74, 6) is -0.566. The molecule has 3 aromatic rings.